The van der Waals surface area contributed by atoms with Crippen LogP contribution in [0.15, 0.2) is 40.9 Å². The molecule has 0 bridgehead atoms. The first-order valence-electron chi connectivity index (χ1n) is 8.23. The van der Waals surface area contributed by atoms with Gasteiger partial charge in [-0.3, -0.25) is 4.79 Å². The predicted molar refractivity (Wildman–Crippen MR) is 93.5 cm³/mol. The Labute approximate surface area is 147 Å². The van der Waals surface area contributed by atoms with Gasteiger partial charge in [-0.05, 0) is 31.7 Å². The summed E-state index contributed by atoms with van der Waals surface area (Å²) in [5.74, 6) is 0.503. The first kappa shape index (κ1) is 17.6. The maximum absolute atomic E-state index is 12.7. The average Bonchev–Trinajstić information content (AvgIpc) is 3.23. The van der Waals surface area contributed by atoms with Gasteiger partial charge in [0, 0.05) is 12.6 Å². The molecule has 134 valence electrons. The molecule has 1 atom stereocenters. The number of hydrogen-bond acceptors (Lipinski definition) is 5. The van der Waals surface area contributed by atoms with Gasteiger partial charge < -0.3 is 9.84 Å². The number of carbonyl (C=O) groups excluding carboxylic acids is 1. The monoisotopic (exact) mass is 363 g/mol. The molecule has 1 amide bonds. The molecule has 0 unspecified atom stereocenters. The first-order chi connectivity index (χ1) is 12.0. The van der Waals surface area contributed by atoms with Crippen molar-refractivity contribution in [1.82, 2.24) is 9.46 Å². The third kappa shape index (κ3) is 4.26. The molecule has 0 saturated carbocycles. The zero-order valence-electron chi connectivity index (χ0n) is 14.0. The van der Waals surface area contributed by atoms with E-state index in [0.717, 1.165) is 5.56 Å². The van der Waals surface area contributed by atoms with Crippen molar-refractivity contribution < 1.29 is 17.7 Å². The van der Waals surface area contributed by atoms with Gasteiger partial charge in [0.15, 0.2) is 5.82 Å². The van der Waals surface area contributed by atoms with Crippen LogP contribution in [0.25, 0.3) is 0 Å². The van der Waals surface area contributed by atoms with Crippen molar-refractivity contribution in [3.8, 4) is 0 Å². The van der Waals surface area contributed by atoms with Gasteiger partial charge in [0.05, 0.1) is 5.75 Å². The number of amides is 1. The van der Waals surface area contributed by atoms with Gasteiger partial charge in [-0.25, -0.2) is 8.42 Å². The predicted octanol–water partition coefficient (Wildman–Crippen LogP) is 1.96. The molecule has 1 aliphatic heterocycles. The molecule has 0 spiro atoms. The fraction of sp³-hybridized carbons (Fsp3) is 0.412. The van der Waals surface area contributed by atoms with Crippen LogP contribution in [0.5, 0.6) is 0 Å². The molecule has 25 heavy (non-hydrogen) atoms. The number of nitrogens with one attached hydrogen (secondary N) is 1. The second-order valence-electron chi connectivity index (χ2n) is 6.13. The number of aryl methyl sites for hydroxylation is 2. The maximum atomic E-state index is 12.7. The second kappa shape index (κ2) is 7.37. The van der Waals surface area contributed by atoms with Gasteiger partial charge in [0.1, 0.15) is 11.8 Å². The SMILES string of the molecule is Cc1cc(NC(=O)[C@@H]2CCCN2S(=O)(=O)CCc2ccccc2)no1. The number of aromatic nitrogens is 1. The Morgan fingerprint density at radius 3 is 2.80 bits per heavy atom. The number of sulfonamides is 1. The minimum Gasteiger partial charge on any atom is -0.360 e. The lowest BCUT2D eigenvalue weighted by Crippen LogP contribution is -2.44. The Morgan fingerprint density at radius 2 is 2.12 bits per heavy atom. The van der Waals surface area contributed by atoms with Gasteiger partial charge in [0.25, 0.3) is 0 Å². The molecule has 1 saturated heterocycles. The molecule has 1 aliphatic rings. The van der Waals surface area contributed by atoms with Crippen LogP contribution in [-0.2, 0) is 21.2 Å². The number of rotatable bonds is 6. The smallest absolute Gasteiger partial charge is 0.244 e. The zero-order chi connectivity index (χ0) is 17.9. The van der Waals surface area contributed by atoms with E-state index in [2.05, 4.69) is 10.5 Å². The lowest BCUT2D eigenvalue weighted by Gasteiger charge is -2.23. The zero-order valence-corrected chi connectivity index (χ0v) is 14.8. The van der Waals surface area contributed by atoms with Crippen LogP contribution < -0.4 is 5.32 Å². The topological polar surface area (TPSA) is 92.5 Å². The molecule has 1 N–H and O–H groups in total. The van der Waals surface area contributed by atoms with Crippen LogP contribution in [-0.4, -0.2) is 42.1 Å². The molecule has 3 rings (SSSR count). The quantitative estimate of drug-likeness (QED) is 0.847. The lowest BCUT2D eigenvalue weighted by molar-refractivity contribution is -0.119. The molecule has 2 aromatic rings. The van der Waals surface area contributed by atoms with E-state index in [-0.39, 0.29) is 11.7 Å². The average molecular weight is 363 g/mol. The van der Waals surface area contributed by atoms with Gasteiger partial charge in [-0.2, -0.15) is 4.31 Å². The molecule has 1 aromatic carbocycles. The third-order valence-corrected chi connectivity index (χ3v) is 6.11. The molecule has 7 nitrogen and oxygen atoms in total. The summed E-state index contributed by atoms with van der Waals surface area (Å²) in [6.45, 7) is 2.09. The van der Waals surface area contributed by atoms with Gasteiger partial charge in [0.2, 0.25) is 15.9 Å². The minimum absolute atomic E-state index is 0.0101. The molecule has 1 aromatic heterocycles. The standard InChI is InChI=1S/C17H21N3O4S/c1-13-12-16(19-24-13)18-17(21)15-8-5-10-20(15)25(22,23)11-9-14-6-3-2-4-7-14/h2-4,6-7,12,15H,5,8-11H2,1H3,(H,18,19,21)/t15-/m0/s1. The van der Waals surface area contributed by atoms with E-state index < -0.39 is 16.1 Å². The van der Waals surface area contributed by atoms with E-state index >= 15 is 0 Å². The first-order valence-corrected chi connectivity index (χ1v) is 9.84. The van der Waals surface area contributed by atoms with Gasteiger partial charge in [-0.15, -0.1) is 0 Å². The molecule has 2 heterocycles. The Morgan fingerprint density at radius 1 is 1.36 bits per heavy atom. The van der Waals surface area contributed by atoms with E-state index in [1.54, 1.807) is 13.0 Å². The number of hydrogen-bond donors (Lipinski definition) is 1. The van der Waals surface area contributed by atoms with Crippen LogP contribution in [0.3, 0.4) is 0 Å². The summed E-state index contributed by atoms with van der Waals surface area (Å²) >= 11 is 0. The Bertz CT molecular complexity index is 833. The molecule has 0 aliphatic carbocycles. The van der Waals surface area contributed by atoms with Crippen LogP contribution in [0, 0.1) is 6.92 Å². The Hall–Kier alpha value is -2.19. The van der Waals surface area contributed by atoms with Crippen LogP contribution in [0.1, 0.15) is 24.2 Å². The number of carbonyl (C=O) groups is 1. The van der Waals surface area contributed by atoms with Gasteiger partial charge in [-0.1, -0.05) is 35.5 Å². The van der Waals surface area contributed by atoms with Crippen molar-refractivity contribution in [2.24, 2.45) is 0 Å². The summed E-state index contributed by atoms with van der Waals surface area (Å²) in [5, 5.41) is 6.35. The lowest BCUT2D eigenvalue weighted by atomic mass is 10.2. The van der Waals surface area contributed by atoms with Crippen molar-refractivity contribution >= 4 is 21.7 Å². The fourth-order valence-corrected chi connectivity index (χ4v) is 4.70. The summed E-state index contributed by atoms with van der Waals surface area (Å²) in [5.41, 5.74) is 0.962. The highest BCUT2D eigenvalue weighted by molar-refractivity contribution is 7.89. The van der Waals surface area contributed by atoms with Crippen molar-refractivity contribution in [1.29, 1.82) is 0 Å². The highest BCUT2D eigenvalue weighted by Crippen LogP contribution is 2.23. The summed E-state index contributed by atoms with van der Waals surface area (Å²) in [6.07, 6.45) is 1.60. The summed E-state index contributed by atoms with van der Waals surface area (Å²) in [7, 11) is -3.51. The molecular formula is C17H21N3O4S. The van der Waals surface area contributed by atoms with Crippen molar-refractivity contribution in [2.45, 2.75) is 32.2 Å². The van der Waals surface area contributed by atoms with Crippen molar-refractivity contribution in [3.63, 3.8) is 0 Å². The van der Waals surface area contributed by atoms with Crippen LogP contribution in [0.4, 0.5) is 5.82 Å². The van der Waals surface area contributed by atoms with Gasteiger partial charge >= 0.3 is 0 Å². The summed E-state index contributed by atoms with van der Waals surface area (Å²) < 4.78 is 31.6. The largest absolute Gasteiger partial charge is 0.360 e. The fourth-order valence-electron chi connectivity index (χ4n) is 2.98. The van der Waals surface area contributed by atoms with E-state index in [4.69, 9.17) is 4.52 Å². The van der Waals surface area contributed by atoms with Crippen molar-refractivity contribution in [3.05, 3.63) is 47.7 Å². The number of nitrogens with zero attached hydrogens (tertiary/aromatic N) is 2. The third-order valence-electron chi connectivity index (χ3n) is 4.23. The van der Waals surface area contributed by atoms with E-state index in [1.807, 2.05) is 30.3 Å². The Kier molecular flexibility index (Phi) is 5.19. The molecular weight excluding hydrogens is 342 g/mol. The molecule has 8 heteroatoms. The van der Waals surface area contributed by atoms with Crippen LogP contribution in [0.2, 0.25) is 0 Å². The molecule has 1 fully saturated rings. The Balaban J connectivity index is 1.66. The minimum atomic E-state index is -3.51. The number of benzene rings is 1. The second-order valence-corrected chi connectivity index (χ2v) is 8.17. The highest BCUT2D eigenvalue weighted by atomic mass is 32.2. The van der Waals surface area contributed by atoms with E-state index in [1.165, 1.54) is 4.31 Å². The maximum Gasteiger partial charge on any atom is 0.244 e. The van der Waals surface area contributed by atoms with Crippen LogP contribution >= 0.6 is 0 Å². The summed E-state index contributed by atoms with van der Waals surface area (Å²) in [4.78, 5) is 12.5. The van der Waals surface area contributed by atoms with Crippen molar-refractivity contribution in [2.75, 3.05) is 17.6 Å². The normalized spacial score (nSPS) is 18.4. The summed E-state index contributed by atoms with van der Waals surface area (Å²) in [6, 6.07) is 10.4. The molecule has 0 radical (unpaired) electrons. The number of anilines is 1. The van der Waals surface area contributed by atoms with E-state index in [9.17, 15) is 13.2 Å². The highest BCUT2D eigenvalue weighted by Gasteiger charge is 2.38. The van der Waals surface area contributed by atoms with E-state index in [0.29, 0.717) is 37.4 Å².